The van der Waals surface area contributed by atoms with E-state index in [1.165, 1.54) is 38.1 Å². The Morgan fingerprint density at radius 1 is 0.526 bits per heavy atom. The van der Waals surface area contributed by atoms with Gasteiger partial charge >= 0.3 is 0 Å². The highest BCUT2D eigenvalue weighted by atomic mass is 16.3. The maximum Gasteiger partial charge on any atom is 0.248 e. The second-order valence-corrected chi connectivity index (χ2v) is 23.3. The molecule has 40 nitrogen and oxygen atoms in total. The van der Waals surface area contributed by atoms with Crippen LogP contribution in [0.5, 0.6) is 5.75 Å². The summed E-state index contributed by atoms with van der Waals surface area (Å²) >= 11 is 0. The van der Waals surface area contributed by atoms with Gasteiger partial charge in [-0.25, -0.2) is 0 Å². The highest BCUT2D eigenvalue weighted by Crippen LogP contribution is 2.22. The monoisotopic (exact) mass is 1380 g/mol. The first kappa shape index (κ1) is 81.3. The summed E-state index contributed by atoms with van der Waals surface area (Å²) in [5.41, 5.74) is 33.2. The molecule has 1 aromatic carbocycles. The topological polar surface area (TPSA) is 673 Å². The SMILES string of the molecule is C[C@@H](O)[C@H](NC(=O)[C@H](CC(N)=O)NC(=O)[C@@H](NC(=O)[C@H](CCCN=C(N)N)NC(=O)[C@@H]1CCCN1C(=O)[C@H](Cc1ccc(O)cc1)NC(=O)[C@@H](NC(=O)[C@@H](N)CCC(N)=O)[C@@H](C)O)[C@@H](C)O)C(=O)NCC(=O)N[C@@H](CO)C(=O)NCC(=O)N[C@H](C(=O)N1CCC[C@H]1C(N)=O)[C@@H](C)O. The first-order valence-electron chi connectivity index (χ1n) is 30.8. The number of carbonyl (C=O) groups excluding carboxylic acids is 15. The van der Waals surface area contributed by atoms with E-state index >= 15 is 0 Å². The van der Waals surface area contributed by atoms with Gasteiger partial charge in [-0.3, -0.25) is 76.9 Å². The number of nitrogens with two attached hydrogens (primary N) is 6. The molecule has 0 unspecified atom stereocenters. The van der Waals surface area contributed by atoms with Crippen LogP contribution < -0.4 is 87.6 Å². The van der Waals surface area contributed by atoms with E-state index in [-0.39, 0.29) is 82.7 Å². The number of carbonyl (C=O) groups is 15. The van der Waals surface area contributed by atoms with Crippen LogP contribution in [-0.2, 0) is 78.3 Å². The van der Waals surface area contributed by atoms with E-state index in [9.17, 15) is 103 Å². The molecule has 2 heterocycles. The highest BCUT2D eigenvalue weighted by Gasteiger charge is 2.43. The number of aromatic hydroxyl groups is 1. The molecule has 15 amide bonds. The smallest absolute Gasteiger partial charge is 0.248 e. The van der Waals surface area contributed by atoms with Crippen LogP contribution in [-0.4, -0.2) is 265 Å². The number of aliphatic hydroxyl groups excluding tert-OH is 5. The van der Waals surface area contributed by atoms with Crippen LogP contribution in [0.2, 0.25) is 0 Å². The number of likely N-dealkylation sites (tertiary alicyclic amines) is 2. The van der Waals surface area contributed by atoms with Gasteiger partial charge in [0, 0.05) is 32.5 Å². The number of hydrogen-bond acceptors (Lipinski definition) is 23. The van der Waals surface area contributed by atoms with Gasteiger partial charge in [0.05, 0.1) is 56.6 Å². The van der Waals surface area contributed by atoms with E-state index < -0.39 is 206 Å². The molecule has 0 saturated carbocycles. The molecular formula is C57H91N19O21. The molecule has 2 aliphatic heterocycles. The normalized spacial score (nSPS) is 18.2. The summed E-state index contributed by atoms with van der Waals surface area (Å²) in [7, 11) is 0. The fraction of sp³-hybridized carbons (Fsp3) is 0.614. The molecule has 97 heavy (non-hydrogen) atoms. The number of primary amides is 3. The van der Waals surface area contributed by atoms with Gasteiger partial charge in [0.2, 0.25) is 88.6 Å². The molecule has 15 atom stereocenters. The minimum Gasteiger partial charge on any atom is -0.508 e. The van der Waals surface area contributed by atoms with Crippen molar-refractivity contribution >= 4 is 94.6 Å². The molecule has 0 aromatic heterocycles. The molecule has 1 aromatic rings. The zero-order valence-electron chi connectivity index (χ0n) is 53.9. The molecule has 40 heteroatoms. The summed E-state index contributed by atoms with van der Waals surface area (Å²) in [6.07, 6.45) is -7.87. The lowest BCUT2D eigenvalue weighted by Crippen LogP contribution is -2.62. The lowest BCUT2D eigenvalue weighted by Gasteiger charge is -2.31. The van der Waals surface area contributed by atoms with Crippen molar-refractivity contribution in [3.63, 3.8) is 0 Å². The molecule has 540 valence electrons. The number of benzene rings is 1. The average Bonchev–Trinajstić information content (AvgIpc) is 1.75. The van der Waals surface area contributed by atoms with Gasteiger partial charge in [0.1, 0.15) is 66.2 Å². The fourth-order valence-corrected chi connectivity index (χ4v) is 10.1. The lowest BCUT2D eigenvalue weighted by atomic mass is 10.0. The summed E-state index contributed by atoms with van der Waals surface area (Å²) in [4.78, 5) is 204. The number of guanidine groups is 1. The van der Waals surface area contributed by atoms with Crippen LogP contribution in [0.25, 0.3) is 0 Å². The first-order chi connectivity index (χ1) is 45.5. The number of amides is 15. The number of rotatable bonds is 39. The number of hydrogen-bond donors (Lipinski definition) is 22. The van der Waals surface area contributed by atoms with Crippen molar-refractivity contribution in [3.8, 4) is 5.75 Å². The van der Waals surface area contributed by atoms with Gasteiger partial charge in [-0.2, -0.15) is 0 Å². The zero-order valence-corrected chi connectivity index (χ0v) is 53.9. The van der Waals surface area contributed by atoms with Crippen LogP contribution in [0.3, 0.4) is 0 Å². The van der Waals surface area contributed by atoms with Crippen molar-refractivity contribution in [1.82, 2.24) is 63.0 Å². The average molecular weight is 1380 g/mol. The van der Waals surface area contributed by atoms with Crippen LogP contribution in [0.1, 0.15) is 91.0 Å². The molecule has 0 aliphatic carbocycles. The standard InChI is InChI=1S/C57H91N19O21/c1-25(78)42(52(93)66-22-40(85)67-35(24-77)48(89)65-23-41(86)71-45(28(4)81)56(97)75-18-6-9-36(75)46(61)87)73-50(91)33(21-39(60)84)69-53(94)44(27(3)80)74-49(90)32(8-5-17-64-57(62)63)68-51(92)37-10-7-19-76(37)55(96)34(20-29-11-13-30(82)14-12-29)70-54(95)43(26(2)79)72-47(88)31(58)15-16-38(59)83/h11-14,25-28,31-37,42-45,77-82H,5-10,15-24,58H2,1-4H3,(H2,59,83)(H2,60,84)(H2,61,87)(H,65,89)(H,66,93)(H,67,85)(H,68,92)(H,69,94)(H,70,95)(H,71,86)(H,72,88)(H,73,91)(H,74,90)(H4,62,63,64)/t25-,26-,27-,28-,31+,32+,33+,34+,35+,36+,37+,42+,43+,44+,45+/m1/s1. The third-order valence-electron chi connectivity index (χ3n) is 15.3. The van der Waals surface area contributed by atoms with Crippen LogP contribution in [0, 0.1) is 0 Å². The second kappa shape index (κ2) is 39.2. The van der Waals surface area contributed by atoms with Gasteiger partial charge in [-0.05, 0) is 90.3 Å². The van der Waals surface area contributed by atoms with Crippen molar-refractivity contribution in [2.75, 3.05) is 39.3 Å². The summed E-state index contributed by atoms with van der Waals surface area (Å²) in [5, 5.41) is 84.6. The van der Waals surface area contributed by atoms with E-state index in [2.05, 4.69) is 58.2 Å². The Morgan fingerprint density at radius 2 is 1.01 bits per heavy atom. The Labute approximate surface area is 555 Å². The van der Waals surface area contributed by atoms with Crippen molar-refractivity contribution in [3.05, 3.63) is 29.8 Å². The Morgan fingerprint density at radius 3 is 1.52 bits per heavy atom. The van der Waals surface area contributed by atoms with E-state index in [0.29, 0.717) is 12.0 Å². The largest absolute Gasteiger partial charge is 0.508 e. The molecule has 28 N–H and O–H groups in total. The van der Waals surface area contributed by atoms with Crippen LogP contribution >= 0.6 is 0 Å². The minimum absolute atomic E-state index is 0.00958. The van der Waals surface area contributed by atoms with E-state index in [0.717, 1.165) is 23.6 Å². The Balaban J connectivity index is 1.77. The van der Waals surface area contributed by atoms with Crippen molar-refractivity contribution in [2.45, 2.75) is 183 Å². The quantitative estimate of drug-likeness (QED) is 0.0165. The summed E-state index contributed by atoms with van der Waals surface area (Å²) < 4.78 is 0. The third kappa shape index (κ3) is 26.3. The Bertz CT molecular complexity index is 3020. The van der Waals surface area contributed by atoms with E-state index in [1.54, 1.807) is 0 Å². The first-order valence-corrected chi connectivity index (χ1v) is 30.8. The number of phenolic OH excluding ortho intramolecular Hbond substituents is 1. The number of phenols is 1. The number of aliphatic hydroxyl groups is 5. The lowest BCUT2D eigenvalue weighted by molar-refractivity contribution is -0.143. The predicted molar refractivity (Wildman–Crippen MR) is 336 cm³/mol. The number of nitrogens with zero attached hydrogens (tertiary/aromatic N) is 3. The third-order valence-corrected chi connectivity index (χ3v) is 15.3. The van der Waals surface area contributed by atoms with E-state index in [1.807, 2.05) is 0 Å². The van der Waals surface area contributed by atoms with Gasteiger partial charge in [0.25, 0.3) is 0 Å². The second-order valence-electron chi connectivity index (χ2n) is 23.3. The summed E-state index contributed by atoms with van der Waals surface area (Å²) in [6, 6.07) is -12.4. The van der Waals surface area contributed by atoms with Gasteiger partial charge in [-0.15, -0.1) is 0 Å². The summed E-state index contributed by atoms with van der Waals surface area (Å²) in [5.74, 6) is -16.3. The highest BCUT2D eigenvalue weighted by molar-refractivity contribution is 6.00. The van der Waals surface area contributed by atoms with Crippen molar-refractivity contribution in [2.24, 2.45) is 39.4 Å². The number of nitrogens with one attached hydrogen (secondary N) is 10. The molecule has 3 rings (SSSR count). The van der Waals surface area contributed by atoms with Gasteiger partial charge in [0.15, 0.2) is 5.96 Å². The molecule has 2 fully saturated rings. The predicted octanol–water partition coefficient (Wildman–Crippen LogP) is -12.4. The fourth-order valence-electron chi connectivity index (χ4n) is 10.1. The molecule has 2 aliphatic rings. The zero-order chi connectivity index (χ0) is 73.1. The van der Waals surface area contributed by atoms with Crippen molar-refractivity contribution in [1.29, 1.82) is 0 Å². The van der Waals surface area contributed by atoms with Crippen LogP contribution in [0.4, 0.5) is 0 Å². The molecule has 0 spiro atoms. The summed E-state index contributed by atoms with van der Waals surface area (Å²) in [6.45, 7) is 1.42. The minimum atomic E-state index is -2.03. The van der Waals surface area contributed by atoms with Crippen molar-refractivity contribution < 1.29 is 103 Å². The maximum atomic E-state index is 14.6. The Kier molecular flexibility index (Phi) is 32.9. The van der Waals surface area contributed by atoms with Crippen LogP contribution in [0.15, 0.2) is 29.3 Å². The molecule has 0 radical (unpaired) electrons. The molecule has 2 saturated heterocycles. The molecule has 0 bridgehead atoms. The van der Waals surface area contributed by atoms with Gasteiger partial charge < -0.3 is 128 Å². The maximum absolute atomic E-state index is 14.6. The van der Waals surface area contributed by atoms with Gasteiger partial charge in [-0.1, -0.05) is 12.1 Å². The van der Waals surface area contributed by atoms with E-state index in [4.69, 9.17) is 34.4 Å². The Hall–Kier alpha value is -9.90. The molecular weight excluding hydrogens is 1290 g/mol. The number of aliphatic imine (C=N–C) groups is 1.